The summed E-state index contributed by atoms with van der Waals surface area (Å²) in [6.07, 6.45) is -5.87. The first-order valence-electron chi connectivity index (χ1n) is 1.63. The SMILES string of the molecule is F[C]C(F)(F)C(F)(F)F. The van der Waals surface area contributed by atoms with Crippen molar-refractivity contribution in [3.63, 3.8) is 0 Å². The van der Waals surface area contributed by atoms with Gasteiger partial charge in [-0.1, -0.05) is 0 Å². The van der Waals surface area contributed by atoms with Gasteiger partial charge in [0.1, 0.15) is 0 Å². The first kappa shape index (κ1) is 8.58. The van der Waals surface area contributed by atoms with Crippen molar-refractivity contribution >= 4 is 0 Å². The van der Waals surface area contributed by atoms with Gasteiger partial charge in [-0.05, 0) is 0 Å². The molecule has 6 heteroatoms. The van der Waals surface area contributed by atoms with Crippen molar-refractivity contribution in [3.8, 4) is 0 Å². The Balaban J connectivity index is 4.14. The lowest BCUT2D eigenvalue weighted by Gasteiger charge is -2.13. The quantitative estimate of drug-likeness (QED) is 0.502. The minimum absolute atomic E-state index is 0.677. The highest BCUT2D eigenvalue weighted by Crippen LogP contribution is 2.37. The van der Waals surface area contributed by atoms with Crippen LogP contribution in [0.15, 0.2) is 0 Å². The Labute approximate surface area is 46.5 Å². The minimum atomic E-state index is -5.87. The zero-order chi connectivity index (χ0) is 7.71. The van der Waals surface area contributed by atoms with Crippen molar-refractivity contribution in [3.05, 3.63) is 6.67 Å². The van der Waals surface area contributed by atoms with Crippen LogP contribution in [0.4, 0.5) is 26.3 Å². The molecule has 9 heavy (non-hydrogen) atoms. The molecule has 0 spiro atoms. The third-order valence-corrected chi connectivity index (χ3v) is 0.475. The lowest BCUT2D eigenvalue weighted by Crippen LogP contribution is -2.35. The fourth-order valence-corrected chi connectivity index (χ4v) is 0.0536. The van der Waals surface area contributed by atoms with Crippen molar-refractivity contribution in [1.82, 2.24) is 0 Å². The summed E-state index contributed by atoms with van der Waals surface area (Å²) in [5, 5.41) is 0. The van der Waals surface area contributed by atoms with E-state index < -0.39 is 18.8 Å². The topological polar surface area (TPSA) is 0 Å². The van der Waals surface area contributed by atoms with Crippen LogP contribution >= 0.6 is 0 Å². The van der Waals surface area contributed by atoms with Crippen molar-refractivity contribution in [2.75, 3.05) is 0 Å². The van der Waals surface area contributed by atoms with Crippen LogP contribution in [-0.2, 0) is 0 Å². The smallest absolute Gasteiger partial charge is 0.229 e. The molecule has 0 aromatic rings. The van der Waals surface area contributed by atoms with Crippen LogP contribution in [-0.4, -0.2) is 12.1 Å². The van der Waals surface area contributed by atoms with E-state index in [1.807, 2.05) is 0 Å². The Morgan fingerprint density at radius 1 is 0.889 bits per heavy atom. The second kappa shape index (κ2) is 2.07. The first-order valence-corrected chi connectivity index (χ1v) is 1.63. The summed E-state index contributed by atoms with van der Waals surface area (Å²) in [5.74, 6) is -5.44. The van der Waals surface area contributed by atoms with E-state index in [2.05, 4.69) is 0 Å². The Bertz CT molecular complexity index is 91.0. The molecule has 0 aliphatic heterocycles. The minimum Gasteiger partial charge on any atom is -0.229 e. The summed E-state index contributed by atoms with van der Waals surface area (Å²) in [5.41, 5.74) is 0. The Morgan fingerprint density at radius 2 is 1.22 bits per heavy atom. The van der Waals surface area contributed by atoms with Gasteiger partial charge in [-0.15, -0.1) is 0 Å². The molecule has 2 radical (unpaired) electrons. The molecule has 0 aromatic heterocycles. The average molecular weight is 150 g/mol. The molecule has 0 aliphatic rings. The van der Waals surface area contributed by atoms with E-state index in [-0.39, 0.29) is 0 Å². The third-order valence-electron chi connectivity index (χ3n) is 0.475. The van der Waals surface area contributed by atoms with Gasteiger partial charge in [-0.3, -0.25) is 0 Å². The van der Waals surface area contributed by atoms with E-state index in [1.165, 1.54) is 0 Å². The van der Waals surface area contributed by atoms with Crippen molar-refractivity contribution in [2.45, 2.75) is 12.1 Å². The van der Waals surface area contributed by atoms with E-state index in [1.54, 1.807) is 0 Å². The van der Waals surface area contributed by atoms with Gasteiger partial charge in [0.25, 0.3) is 6.67 Å². The van der Waals surface area contributed by atoms with E-state index in [4.69, 9.17) is 0 Å². The normalized spacial score (nSPS) is 14.0. The van der Waals surface area contributed by atoms with Gasteiger partial charge in [-0.25, -0.2) is 4.39 Å². The molecular weight excluding hydrogens is 150 g/mol. The van der Waals surface area contributed by atoms with Crippen LogP contribution in [0.25, 0.3) is 0 Å². The van der Waals surface area contributed by atoms with E-state index >= 15 is 0 Å². The highest BCUT2D eigenvalue weighted by atomic mass is 19.4. The number of rotatable bonds is 1. The van der Waals surface area contributed by atoms with Crippen LogP contribution in [0.1, 0.15) is 0 Å². The number of alkyl halides is 5. The van der Waals surface area contributed by atoms with Crippen LogP contribution < -0.4 is 0 Å². The molecule has 0 atom stereocenters. The van der Waals surface area contributed by atoms with Gasteiger partial charge < -0.3 is 0 Å². The third kappa shape index (κ3) is 1.76. The molecule has 0 heterocycles. The van der Waals surface area contributed by atoms with E-state index in [9.17, 15) is 26.3 Å². The highest BCUT2D eigenvalue weighted by Gasteiger charge is 2.59. The maximum absolute atomic E-state index is 11.0. The monoisotopic (exact) mass is 150 g/mol. The lowest BCUT2D eigenvalue weighted by atomic mass is 10.4. The molecule has 0 aliphatic carbocycles. The molecule has 0 saturated carbocycles. The maximum atomic E-state index is 11.0. The van der Waals surface area contributed by atoms with Gasteiger partial charge in [0.15, 0.2) is 0 Å². The first-order chi connectivity index (χ1) is 3.81. The molecule has 0 nitrogen and oxygen atoms in total. The Kier molecular flexibility index (Phi) is 1.98. The van der Waals surface area contributed by atoms with Gasteiger partial charge >= 0.3 is 12.1 Å². The summed E-state index contributed by atoms with van der Waals surface area (Å²) in [4.78, 5) is 0. The molecule has 0 fully saturated rings. The van der Waals surface area contributed by atoms with E-state index in [0.29, 0.717) is 0 Å². The number of hydrogen-bond donors (Lipinski definition) is 0. The molecule has 0 bridgehead atoms. The summed E-state index contributed by atoms with van der Waals surface area (Å²) in [6, 6.07) is 0. The van der Waals surface area contributed by atoms with Crippen LogP contribution in [0, 0.1) is 6.67 Å². The van der Waals surface area contributed by atoms with Gasteiger partial charge in [0.2, 0.25) is 0 Å². The maximum Gasteiger partial charge on any atom is 0.457 e. The zero-order valence-corrected chi connectivity index (χ0v) is 3.77. The van der Waals surface area contributed by atoms with Crippen molar-refractivity contribution < 1.29 is 26.3 Å². The van der Waals surface area contributed by atoms with E-state index in [0.717, 1.165) is 0 Å². The molecule has 54 valence electrons. The molecule has 0 saturated heterocycles. The predicted octanol–water partition coefficient (Wildman–Crippen LogP) is 2.19. The van der Waals surface area contributed by atoms with Crippen molar-refractivity contribution in [1.29, 1.82) is 0 Å². The van der Waals surface area contributed by atoms with Crippen LogP contribution in [0.2, 0.25) is 0 Å². The van der Waals surface area contributed by atoms with Crippen LogP contribution in [0.3, 0.4) is 0 Å². The molecule has 0 rings (SSSR count). The Morgan fingerprint density at radius 3 is 1.22 bits per heavy atom. The lowest BCUT2D eigenvalue weighted by molar-refractivity contribution is -0.273. The second-order valence-corrected chi connectivity index (χ2v) is 1.17. The number of hydrogen-bond acceptors (Lipinski definition) is 0. The van der Waals surface area contributed by atoms with Gasteiger partial charge in [-0.2, -0.15) is 22.0 Å². The molecule has 0 aromatic carbocycles. The van der Waals surface area contributed by atoms with Crippen LogP contribution in [0.5, 0.6) is 0 Å². The summed E-state index contributed by atoms with van der Waals surface area (Å²) >= 11 is 0. The Hall–Kier alpha value is -0.420. The largest absolute Gasteiger partial charge is 0.457 e. The molecule has 0 unspecified atom stereocenters. The van der Waals surface area contributed by atoms with Gasteiger partial charge in [0, 0.05) is 0 Å². The standard InChI is InChI=1S/C3F6/c4-1-2(5,6)3(7,8)9. The molecular formula is C3F6. The summed E-state index contributed by atoms with van der Waals surface area (Å²) < 4.78 is 65.0. The summed E-state index contributed by atoms with van der Waals surface area (Å²) in [7, 11) is 0. The predicted molar refractivity (Wildman–Crippen MR) is 15.4 cm³/mol. The number of halogens is 6. The fourth-order valence-electron chi connectivity index (χ4n) is 0.0536. The average Bonchev–Trinajstić information content (AvgIpc) is 1.64. The fraction of sp³-hybridized carbons (Fsp3) is 0.667. The second-order valence-electron chi connectivity index (χ2n) is 1.17. The zero-order valence-electron chi connectivity index (χ0n) is 3.77. The molecule has 0 amide bonds. The highest BCUT2D eigenvalue weighted by molar-refractivity contribution is 4.82. The summed E-state index contributed by atoms with van der Waals surface area (Å²) in [6.45, 7) is -0.677. The van der Waals surface area contributed by atoms with Crippen molar-refractivity contribution in [2.24, 2.45) is 0 Å². The van der Waals surface area contributed by atoms with Gasteiger partial charge in [0.05, 0.1) is 0 Å². The molecule has 0 N–H and O–H groups in total.